The average molecular weight is 385 g/mol. The number of carbonyl (C=O) groups is 1. The van der Waals surface area contributed by atoms with Gasteiger partial charge in [0.25, 0.3) is 5.56 Å². The van der Waals surface area contributed by atoms with Gasteiger partial charge >= 0.3 is 5.97 Å². The maximum Gasteiger partial charge on any atom is 0.303 e. The van der Waals surface area contributed by atoms with Gasteiger partial charge in [-0.15, -0.1) is 0 Å². The fourth-order valence-electron chi connectivity index (χ4n) is 1.86. The Kier molecular flexibility index (Phi) is 5.88. The third kappa shape index (κ3) is 4.22. The third-order valence-electron chi connectivity index (χ3n) is 3.13. The lowest BCUT2D eigenvalue weighted by atomic mass is 10.2. The first-order valence-electron chi connectivity index (χ1n) is 6.87. The number of hydrogen-bond donors (Lipinski definition) is 3. The highest BCUT2D eigenvalue weighted by Crippen LogP contribution is 2.35. The molecule has 25 heavy (non-hydrogen) atoms. The van der Waals surface area contributed by atoms with Crippen molar-refractivity contribution in [2.24, 2.45) is 5.10 Å². The van der Waals surface area contributed by atoms with Gasteiger partial charge in [-0.25, -0.2) is 0 Å². The number of aromatic nitrogens is 3. The molecule has 0 unspecified atom stereocenters. The second kappa shape index (κ2) is 7.90. The van der Waals surface area contributed by atoms with Gasteiger partial charge in [-0.1, -0.05) is 11.6 Å². The normalized spacial score (nSPS) is 11.0. The molecule has 0 saturated carbocycles. The lowest BCUT2D eigenvalue weighted by molar-refractivity contribution is -0.136. The number of aryl methyl sites for hydroxylation is 1. The van der Waals surface area contributed by atoms with E-state index in [1.807, 2.05) is 0 Å². The number of rotatable bonds is 6. The van der Waals surface area contributed by atoms with Crippen molar-refractivity contribution in [3.63, 3.8) is 0 Å². The molecule has 0 aliphatic carbocycles. The van der Waals surface area contributed by atoms with Crippen LogP contribution in [0.3, 0.4) is 0 Å². The van der Waals surface area contributed by atoms with Gasteiger partial charge in [-0.2, -0.15) is 14.9 Å². The molecule has 3 N–H and O–H groups in total. The number of methoxy groups -OCH3 is 1. The van der Waals surface area contributed by atoms with Crippen molar-refractivity contribution in [1.82, 2.24) is 14.9 Å². The van der Waals surface area contributed by atoms with E-state index in [0.29, 0.717) is 5.56 Å². The number of carboxylic acid groups (broad SMARTS) is 1. The van der Waals surface area contributed by atoms with E-state index < -0.39 is 11.5 Å². The van der Waals surface area contributed by atoms with Gasteiger partial charge in [0, 0.05) is 12.0 Å². The first-order valence-corrected chi connectivity index (χ1v) is 7.66. The van der Waals surface area contributed by atoms with Gasteiger partial charge in [-0.3, -0.25) is 14.7 Å². The highest BCUT2D eigenvalue weighted by Gasteiger charge is 2.11. The summed E-state index contributed by atoms with van der Waals surface area (Å²) in [5, 5.41) is 28.7. The number of carboxylic acids is 1. The van der Waals surface area contributed by atoms with Crippen molar-refractivity contribution in [2.45, 2.75) is 12.8 Å². The molecule has 2 rings (SSSR count). The summed E-state index contributed by atoms with van der Waals surface area (Å²) in [4.78, 5) is 22.9. The standard InChI is InChI=1S/C14H13ClN4O5S/c1-24-9-4-2-7(11(15)12(9)22)6-16-19-13(23)8(3-5-10(20)21)17-18-14(19)25/h2,4,6,22H,3,5H2,1H3,(H,18,25)(H,20,21)/b16-6-. The number of aliphatic carboxylic acids is 1. The van der Waals surface area contributed by atoms with Crippen LogP contribution in [-0.2, 0) is 11.2 Å². The lowest BCUT2D eigenvalue weighted by Crippen LogP contribution is -2.25. The summed E-state index contributed by atoms with van der Waals surface area (Å²) in [5.74, 6) is -1.13. The molecule has 0 spiro atoms. The Balaban J connectivity index is 2.40. The molecule has 1 aromatic heterocycles. The number of phenols is 1. The van der Waals surface area contributed by atoms with E-state index in [0.717, 1.165) is 4.68 Å². The Morgan fingerprint density at radius 1 is 1.56 bits per heavy atom. The molecule has 0 fully saturated rings. The molecule has 0 amide bonds. The Bertz CT molecular complexity index is 953. The van der Waals surface area contributed by atoms with Crippen LogP contribution in [0.5, 0.6) is 11.5 Å². The number of aromatic amines is 1. The first kappa shape index (κ1) is 18.6. The van der Waals surface area contributed by atoms with Crippen LogP contribution in [0.4, 0.5) is 0 Å². The molecule has 0 bridgehead atoms. The Morgan fingerprint density at radius 2 is 2.28 bits per heavy atom. The van der Waals surface area contributed by atoms with Crippen LogP contribution >= 0.6 is 23.8 Å². The van der Waals surface area contributed by atoms with Gasteiger partial charge in [0.1, 0.15) is 5.69 Å². The van der Waals surface area contributed by atoms with Gasteiger partial charge in [0.05, 0.1) is 24.8 Å². The van der Waals surface area contributed by atoms with E-state index in [1.165, 1.54) is 25.5 Å². The zero-order chi connectivity index (χ0) is 18.6. The first-order chi connectivity index (χ1) is 11.8. The summed E-state index contributed by atoms with van der Waals surface area (Å²) < 4.78 is 5.72. The number of halogens is 1. The van der Waals surface area contributed by atoms with E-state index in [-0.39, 0.29) is 39.8 Å². The summed E-state index contributed by atoms with van der Waals surface area (Å²) in [5.41, 5.74) is -0.336. The number of nitrogens with zero attached hydrogens (tertiary/aromatic N) is 3. The third-order valence-corrected chi connectivity index (χ3v) is 3.80. The van der Waals surface area contributed by atoms with Crippen molar-refractivity contribution in [3.05, 3.63) is 43.5 Å². The molecule has 0 aliphatic rings. The minimum Gasteiger partial charge on any atom is -0.503 e. The summed E-state index contributed by atoms with van der Waals surface area (Å²) >= 11 is 11.0. The second-order valence-corrected chi connectivity index (χ2v) is 5.52. The number of hydrogen-bond acceptors (Lipinski definition) is 7. The SMILES string of the molecule is COc1ccc(/C=N\n2c(=S)[nH]nc(CCC(=O)O)c2=O)c(Cl)c1O. The van der Waals surface area contributed by atoms with Gasteiger partial charge < -0.3 is 14.9 Å². The van der Waals surface area contributed by atoms with Crippen molar-refractivity contribution >= 4 is 36.0 Å². The lowest BCUT2D eigenvalue weighted by Gasteiger charge is -2.07. The maximum atomic E-state index is 12.3. The smallest absolute Gasteiger partial charge is 0.303 e. The number of ether oxygens (including phenoxy) is 1. The number of aromatic hydroxyl groups is 1. The predicted molar refractivity (Wildman–Crippen MR) is 92.3 cm³/mol. The Hall–Kier alpha value is -2.72. The Morgan fingerprint density at radius 3 is 2.92 bits per heavy atom. The Labute approximate surface area is 151 Å². The van der Waals surface area contributed by atoms with Crippen LogP contribution in [0.25, 0.3) is 0 Å². The topological polar surface area (TPSA) is 130 Å². The van der Waals surface area contributed by atoms with E-state index in [9.17, 15) is 14.7 Å². The summed E-state index contributed by atoms with van der Waals surface area (Å²) in [6, 6.07) is 3.02. The van der Waals surface area contributed by atoms with Gasteiger partial charge in [0.15, 0.2) is 11.5 Å². The molecular formula is C14H13ClN4O5S. The number of nitrogens with one attached hydrogen (secondary N) is 1. The van der Waals surface area contributed by atoms with Crippen LogP contribution in [0.1, 0.15) is 17.7 Å². The van der Waals surface area contributed by atoms with Crippen molar-refractivity contribution in [2.75, 3.05) is 7.11 Å². The van der Waals surface area contributed by atoms with Crippen molar-refractivity contribution in [1.29, 1.82) is 0 Å². The molecule has 0 radical (unpaired) electrons. The minimum atomic E-state index is -1.06. The number of phenolic OH excluding ortho intramolecular Hbond substituents is 1. The monoisotopic (exact) mass is 384 g/mol. The molecule has 0 aliphatic heterocycles. The number of H-pyrrole nitrogens is 1. The van der Waals surface area contributed by atoms with Crippen LogP contribution in [-0.4, -0.2) is 44.4 Å². The molecule has 2 aromatic rings. The van der Waals surface area contributed by atoms with E-state index in [2.05, 4.69) is 15.3 Å². The van der Waals surface area contributed by atoms with E-state index in [1.54, 1.807) is 0 Å². The molecule has 1 heterocycles. The molecular weight excluding hydrogens is 372 g/mol. The zero-order valence-corrected chi connectivity index (χ0v) is 14.5. The maximum absolute atomic E-state index is 12.3. The van der Waals surface area contributed by atoms with Crippen LogP contribution < -0.4 is 10.3 Å². The van der Waals surface area contributed by atoms with Crippen LogP contribution in [0.2, 0.25) is 5.02 Å². The molecule has 0 saturated heterocycles. The minimum absolute atomic E-state index is 0.00814. The molecule has 132 valence electrons. The fraction of sp³-hybridized carbons (Fsp3) is 0.214. The average Bonchev–Trinajstić information content (AvgIpc) is 2.57. The van der Waals surface area contributed by atoms with Crippen molar-refractivity contribution in [3.8, 4) is 11.5 Å². The highest BCUT2D eigenvalue weighted by atomic mass is 35.5. The molecule has 9 nitrogen and oxygen atoms in total. The largest absolute Gasteiger partial charge is 0.503 e. The van der Waals surface area contributed by atoms with Crippen molar-refractivity contribution < 1.29 is 19.7 Å². The summed E-state index contributed by atoms with van der Waals surface area (Å²) in [6.07, 6.45) is 0.905. The fourth-order valence-corrected chi connectivity index (χ4v) is 2.25. The van der Waals surface area contributed by atoms with Crippen LogP contribution in [0.15, 0.2) is 22.0 Å². The summed E-state index contributed by atoms with van der Waals surface area (Å²) in [6.45, 7) is 0. The molecule has 0 atom stereocenters. The van der Waals surface area contributed by atoms with Gasteiger partial charge in [0.2, 0.25) is 4.77 Å². The van der Waals surface area contributed by atoms with Crippen LogP contribution in [0, 0.1) is 4.77 Å². The van der Waals surface area contributed by atoms with E-state index in [4.69, 9.17) is 33.7 Å². The van der Waals surface area contributed by atoms with Gasteiger partial charge in [-0.05, 0) is 24.4 Å². The number of benzene rings is 1. The highest BCUT2D eigenvalue weighted by molar-refractivity contribution is 7.71. The summed E-state index contributed by atoms with van der Waals surface area (Å²) in [7, 11) is 1.38. The predicted octanol–water partition coefficient (Wildman–Crippen LogP) is 1.57. The second-order valence-electron chi connectivity index (χ2n) is 4.75. The quantitative estimate of drug-likeness (QED) is 0.509. The zero-order valence-electron chi connectivity index (χ0n) is 12.9. The molecule has 11 heteroatoms. The molecule has 1 aromatic carbocycles. The van der Waals surface area contributed by atoms with E-state index >= 15 is 0 Å².